The molecule has 0 spiro atoms. The molecule has 1 atom stereocenters. The largest absolute Gasteiger partial charge is 0.500 e. The fourth-order valence-corrected chi connectivity index (χ4v) is 3.91. The van der Waals surface area contributed by atoms with Gasteiger partial charge in [0, 0.05) is 31.9 Å². The summed E-state index contributed by atoms with van der Waals surface area (Å²) in [6, 6.07) is 0.632. The normalized spacial score (nSPS) is 14.1. The smallest absolute Gasteiger partial charge is 0.462 e. The fraction of sp³-hybridized carbons (Fsp3) is 0.786. The summed E-state index contributed by atoms with van der Waals surface area (Å²) >= 11 is 0. The van der Waals surface area contributed by atoms with Crippen LogP contribution in [-0.4, -0.2) is 41.7 Å². The Morgan fingerprint density at radius 3 is 2.40 bits per heavy atom. The van der Waals surface area contributed by atoms with E-state index in [4.69, 9.17) is 18.0 Å². The van der Waals surface area contributed by atoms with Gasteiger partial charge in [0.05, 0.1) is 6.61 Å². The van der Waals surface area contributed by atoms with Crippen LogP contribution >= 0.6 is 0 Å². The van der Waals surface area contributed by atoms with E-state index in [0.717, 1.165) is 0 Å². The Balaban J connectivity index is 4.27. The molecule has 1 unspecified atom stereocenters. The number of carbonyl (C=O) groups is 1. The average molecular weight is 304 g/mol. The summed E-state index contributed by atoms with van der Waals surface area (Å²) < 4.78 is 22.2. The van der Waals surface area contributed by atoms with E-state index in [-0.39, 0.29) is 5.97 Å². The molecular formula is C14H28O5Si. The first-order chi connectivity index (χ1) is 9.37. The van der Waals surface area contributed by atoms with Crippen LogP contribution in [0.5, 0.6) is 0 Å². The number of carbonyl (C=O) groups excluding carboxylic acids is 1. The van der Waals surface area contributed by atoms with Gasteiger partial charge in [-0.05, 0) is 26.2 Å². The molecule has 0 saturated heterocycles. The van der Waals surface area contributed by atoms with Gasteiger partial charge in [-0.3, -0.25) is 0 Å². The van der Waals surface area contributed by atoms with E-state index in [9.17, 15) is 4.79 Å². The van der Waals surface area contributed by atoms with Gasteiger partial charge in [-0.2, -0.15) is 0 Å². The predicted molar refractivity (Wildman–Crippen MR) is 80.4 cm³/mol. The summed E-state index contributed by atoms with van der Waals surface area (Å²) in [5.74, 6) is 0.0490. The Bertz CT molecular complexity index is 306. The number of hydrogen-bond acceptors (Lipinski definition) is 5. The SMILES string of the molecule is C=C(C)C(=O)OCCC[Si](OC)(OCC)OCC(C)C. The van der Waals surface area contributed by atoms with E-state index in [1.807, 2.05) is 6.92 Å². The number of ether oxygens (including phenoxy) is 1. The highest BCUT2D eigenvalue weighted by molar-refractivity contribution is 6.60. The minimum atomic E-state index is -2.65. The van der Waals surface area contributed by atoms with Gasteiger partial charge >= 0.3 is 14.8 Å². The maximum absolute atomic E-state index is 11.3. The average Bonchev–Trinajstić information content (AvgIpc) is 2.40. The molecule has 0 amide bonds. The van der Waals surface area contributed by atoms with Crippen LogP contribution < -0.4 is 0 Å². The van der Waals surface area contributed by atoms with Crippen LogP contribution in [-0.2, 0) is 22.8 Å². The zero-order valence-corrected chi connectivity index (χ0v) is 14.4. The van der Waals surface area contributed by atoms with Crippen molar-refractivity contribution in [2.45, 2.75) is 40.2 Å². The van der Waals surface area contributed by atoms with Gasteiger partial charge in [-0.1, -0.05) is 20.4 Å². The van der Waals surface area contributed by atoms with Crippen LogP contribution in [0.3, 0.4) is 0 Å². The first-order valence-corrected chi connectivity index (χ1v) is 8.95. The third-order valence-electron chi connectivity index (χ3n) is 2.52. The van der Waals surface area contributed by atoms with Crippen molar-refractivity contribution in [1.82, 2.24) is 0 Å². The number of hydrogen-bond donors (Lipinski definition) is 0. The molecule has 0 fully saturated rings. The summed E-state index contributed by atoms with van der Waals surface area (Å²) in [5.41, 5.74) is 0.404. The second-order valence-corrected chi connectivity index (χ2v) is 7.90. The minimum Gasteiger partial charge on any atom is -0.462 e. The summed E-state index contributed by atoms with van der Waals surface area (Å²) in [6.45, 7) is 12.7. The maximum Gasteiger partial charge on any atom is 0.500 e. The van der Waals surface area contributed by atoms with Crippen molar-refractivity contribution < 1.29 is 22.8 Å². The molecule has 0 aliphatic heterocycles. The van der Waals surface area contributed by atoms with Gasteiger partial charge in [0.15, 0.2) is 0 Å². The first kappa shape index (κ1) is 19.3. The highest BCUT2D eigenvalue weighted by atomic mass is 28.4. The summed E-state index contributed by atoms with van der Waals surface area (Å²) in [5, 5.41) is 0. The summed E-state index contributed by atoms with van der Waals surface area (Å²) in [7, 11) is -1.03. The Kier molecular flexibility index (Phi) is 9.74. The zero-order valence-electron chi connectivity index (χ0n) is 13.4. The van der Waals surface area contributed by atoms with Crippen LogP contribution in [0.2, 0.25) is 6.04 Å². The van der Waals surface area contributed by atoms with Crippen LogP contribution in [0.25, 0.3) is 0 Å². The van der Waals surface area contributed by atoms with Crippen molar-refractivity contribution >= 4 is 14.8 Å². The summed E-state index contributed by atoms with van der Waals surface area (Å²) in [6.07, 6.45) is 0.650. The van der Waals surface area contributed by atoms with Crippen LogP contribution in [0.15, 0.2) is 12.2 Å². The van der Waals surface area contributed by atoms with E-state index >= 15 is 0 Å². The van der Waals surface area contributed by atoms with Gasteiger partial charge in [0.2, 0.25) is 0 Å². The van der Waals surface area contributed by atoms with E-state index in [1.165, 1.54) is 0 Å². The summed E-state index contributed by atoms with van der Waals surface area (Å²) in [4.78, 5) is 11.3. The molecule has 0 aromatic carbocycles. The highest BCUT2D eigenvalue weighted by Crippen LogP contribution is 2.18. The highest BCUT2D eigenvalue weighted by Gasteiger charge is 2.39. The third-order valence-corrected chi connectivity index (χ3v) is 5.44. The lowest BCUT2D eigenvalue weighted by Crippen LogP contribution is -2.45. The maximum atomic E-state index is 11.3. The van der Waals surface area contributed by atoms with Crippen molar-refractivity contribution in [3.05, 3.63) is 12.2 Å². The lowest BCUT2D eigenvalue weighted by Gasteiger charge is -2.28. The zero-order chi connectivity index (χ0) is 15.6. The first-order valence-electron chi connectivity index (χ1n) is 7.02. The van der Waals surface area contributed by atoms with Crippen molar-refractivity contribution in [3.8, 4) is 0 Å². The van der Waals surface area contributed by atoms with Crippen LogP contribution in [0, 0.1) is 5.92 Å². The number of rotatable bonds is 11. The molecule has 6 heteroatoms. The van der Waals surface area contributed by atoms with Crippen molar-refractivity contribution in [3.63, 3.8) is 0 Å². The Hall–Kier alpha value is -0.693. The second kappa shape index (κ2) is 10.1. The van der Waals surface area contributed by atoms with Gasteiger partial charge in [0.1, 0.15) is 0 Å². The van der Waals surface area contributed by atoms with Gasteiger partial charge < -0.3 is 18.0 Å². The Morgan fingerprint density at radius 2 is 1.95 bits per heavy atom. The molecule has 0 aliphatic rings. The minimum absolute atomic E-state index is 0.321. The van der Waals surface area contributed by atoms with Crippen molar-refractivity contribution in [2.75, 3.05) is 26.9 Å². The molecule has 20 heavy (non-hydrogen) atoms. The Morgan fingerprint density at radius 1 is 1.30 bits per heavy atom. The molecule has 0 heterocycles. The van der Waals surface area contributed by atoms with E-state index < -0.39 is 8.80 Å². The third kappa shape index (κ3) is 7.79. The molecule has 0 N–H and O–H groups in total. The lowest BCUT2D eigenvalue weighted by atomic mass is 10.2. The second-order valence-electron chi connectivity index (χ2n) is 5.04. The standard InChI is InChI=1S/C14H28O5Si/c1-7-18-20(16-6,19-11-12(2)3)10-8-9-17-14(15)13(4)5/h12H,4,7-11H2,1-3,5-6H3. The molecular weight excluding hydrogens is 276 g/mol. The van der Waals surface area contributed by atoms with E-state index in [0.29, 0.717) is 43.8 Å². The number of esters is 1. The van der Waals surface area contributed by atoms with Crippen molar-refractivity contribution in [1.29, 1.82) is 0 Å². The predicted octanol–water partition coefficient (Wildman–Crippen LogP) is 2.79. The molecule has 5 nitrogen and oxygen atoms in total. The van der Waals surface area contributed by atoms with E-state index in [2.05, 4.69) is 20.4 Å². The van der Waals surface area contributed by atoms with Gasteiger partial charge in [-0.25, -0.2) is 4.79 Å². The van der Waals surface area contributed by atoms with Gasteiger partial charge in [0.25, 0.3) is 0 Å². The molecule has 0 aromatic heterocycles. The van der Waals surface area contributed by atoms with Crippen LogP contribution in [0.4, 0.5) is 0 Å². The quantitative estimate of drug-likeness (QED) is 0.254. The molecule has 0 rings (SSSR count). The molecule has 0 radical (unpaired) electrons. The Labute approximate surface area is 123 Å². The molecule has 0 aromatic rings. The molecule has 0 bridgehead atoms. The molecule has 0 saturated carbocycles. The molecule has 0 aliphatic carbocycles. The van der Waals surface area contributed by atoms with Crippen LogP contribution in [0.1, 0.15) is 34.1 Å². The topological polar surface area (TPSA) is 54.0 Å². The van der Waals surface area contributed by atoms with Crippen molar-refractivity contribution in [2.24, 2.45) is 5.92 Å². The molecule has 118 valence electrons. The fourth-order valence-electron chi connectivity index (χ4n) is 1.50. The lowest BCUT2D eigenvalue weighted by molar-refractivity contribution is -0.139. The van der Waals surface area contributed by atoms with E-state index in [1.54, 1.807) is 14.0 Å². The van der Waals surface area contributed by atoms with Gasteiger partial charge in [-0.15, -0.1) is 0 Å². The monoisotopic (exact) mass is 304 g/mol.